The highest BCUT2D eigenvalue weighted by Gasteiger charge is 2.28. The van der Waals surface area contributed by atoms with Crippen LogP contribution in [-0.2, 0) is 9.59 Å². The van der Waals surface area contributed by atoms with Crippen LogP contribution in [0.3, 0.4) is 0 Å². The summed E-state index contributed by atoms with van der Waals surface area (Å²) in [5.41, 5.74) is 4.23. The van der Waals surface area contributed by atoms with Gasteiger partial charge < -0.3 is 15.0 Å². The van der Waals surface area contributed by atoms with Crippen LogP contribution in [0.25, 0.3) is 10.6 Å². The van der Waals surface area contributed by atoms with Crippen LogP contribution in [0, 0.1) is 26.7 Å². The van der Waals surface area contributed by atoms with Gasteiger partial charge in [-0.15, -0.1) is 11.3 Å². The van der Waals surface area contributed by atoms with Crippen molar-refractivity contribution in [3.8, 4) is 10.6 Å². The van der Waals surface area contributed by atoms with Crippen LogP contribution >= 0.6 is 11.3 Å². The van der Waals surface area contributed by atoms with Gasteiger partial charge in [-0.3, -0.25) is 14.4 Å². The van der Waals surface area contributed by atoms with Gasteiger partial charge in [0, 0.05) is 23.2 Å². The Morgan fingerprint density at radius 1 is 1.15 bits per heavy atom. The SMILES string of the molecule is Cc1ccn(C(CC(C)C)C(=O)NC(CC(=O)O)c2csc(-c3c(C)cccc3C)n2)c(=O)c1. The number of aliphatic carboxylic acids is 1. The fourth-order valence-corrected chi connectivity index (χ4v) is 5.07. The number of rotatable bonds is 9. The lowest BCUT2D eigenvalue weighted by molar-refractivity contribution is -0.138. The number of nitrogens with one attached hydrogen (secondary N) is 1. The Kier molecular flexibility index (Phi) is 8.04. The normalized spacial score (nSPS) is 13.0. The van der Waals surface area contributed by atoms with Crippen molar-refractivity contribution in [1.29, 1.82) is 0 Å². The van der Waals surface area contributed by atoms with Gasteiger partial charge >= 0.3 is 5.97 Å². The minimum absolute atomic E-state index is 0.150. The number of carboxylic acids is 1. The molecule has 0 radical (unpaired) electrons. The second-order valence-electron chi connectivity index (χ2n) is 9.10. The van der Waals surface area contributed by atoms with E-state index in [4.69, 9.17) is 4.98 Å². The van der Waals surface area contributed by atoms with E-state index in [0.717, 1.165) is 27.3 Å². The Morgan fingerprint density at radius 3 is 2.41 bits per heavy atom. The number of hydrogen-bond acceptors (Lipinski definition) is 5. The summed E-state index contributed by atoms with van der Waals surface area (Å²) in [6.45, 7) is 9.80. The summed E-state index contributed by atoms with van der Waals surface area (Å²) in [5, 5.41) is 15.0. The van der Waals surface area contributed by atoms with Crippen molar-refractivity contribution in [3.63, 3.8) is 0 Å². The smallest absolute Gasteiger partial charge is 0.305 e. The van der Waals surface area contributed by atoms with Gasteiger partial charge in [0.2, 0.25) is 5.91 Å². The summed E-state index contributed by atoms with van der Waals surface area (Å²) in [5.74, 6) is -1.29. The number of aromatic nitrogens is 2. The molecule has 3 rings (SSSR count). The lowest BCUT2D eigenvalue weighted by atomic mass is 10.0. The summed E-state index contributed by atoms with van der Waals surface area (Å²) in [6, 6.07) is 7.72. The molecule has 0 saturated heterocycles. The van der Waals surface area contributed by atoms with E-state index >= 15 is 0 Å². The minimum Gasteiger partial charge on any atom is -0.481 e. The predicted molar refractivity (Wildman–Crippen MR) is 134 cm³/mol. The van der Waals surface area contributed by atoms with Crippen LogP contribution in [0.1, 0.15) is 61.2 Å². The molecule has 2 atom stereocenters. The van der Waals surface area contributed by atoms with Gasteiger partial charge in [0.25, 0.3) is 5.56 Å². The molecule has 0 bridgehead atoms. The quantitative estimate of drug-likeness (QED) is 0.456. The molecule has 34 heavy (non-hydrogen) atoms. The Hall–Kier alpha value is -3.26. The monoisotopic (exact) mass is 481 g/mol. The zero-order valence-electron chi connectivity index (χ0n) is 20.2. The number of nitrogens with zero attached hydrogens (tertiary/aromatic N) is 2. The van der Waals surface area contributed by atoms with Gasteiger partial charge in [-0.25, -0.2) is 4.98 Å². The van der Waals surface area contributed by atoms with Gasteiger partial charge in [0.1, 0.15) is 11.0 Å². The molecule has 180 valence electrons. The van der Waals surface area contributed by atoms with Crippen LogP contribution in [0.15, 0.2) is 46.7 Å². The number of pyridine rings is 1. The molecule has 0 aliphatic heterocycles. The minimum atomic E-state index is -1.04. The topological polar surface area (TPSA) is 101 Å². The summed E-state index contributed by atoms with van der Waals surface area (Å²) < 4.78 is 1.42. The maximum absolute atomic E-state index is 13.4. The molecule has 8 heteroatoms. The van der Waals surface area contributed by atoms with Crippen LogP contribution < -0.4 is 10.9 Å². The number of aryl methyl sites for hydroxylation is 3. The molecule has 2 unspecified atom stereocenters. The van der Waals surface area contributed by atoms with E-state index in [9.17, 15) is 19.5 Å². The molecule has 2 heterocycles. The van der Waals surface area contributed by atoms with Gasteiger partial charge in [0.15, 0.2) is 0 Å². The van der Waals surface area contributed by atoms with E-state index in [0.29, 0.717) is 12.1 Å². The summed E-state index contributed by atoms with van der Waals surface area (Å²) >= 11 is 1.42. The number of hydrogen-bond donors (Lipinski definition) is 2. The average molecular weight is 482 g/mol. The number of amides is 1. The van der Waals surface area contributed by atoms with E-state index < -0.39 is 24.0 Å². The third kappa shape index (κ3) is 5.99. The Bertz CT molecular complexity index is 1220. The third-order valence-corrected chi connectivity index (χ3v) is 6.58. The number of carbonyl (C=O) groups is 2. The molecule has 1 amide bonds. The predicted octanol–water partition coefficient (Wildman–Crippen LogP) is 4.82. The van der Waals surface area contributed by atoms with Crippen molar-refractivity contribution in [2.24, 2.45) is 5.92 Å². The third-order valence-electron chi connectivity index (χ3n) is 5.71. The van der Waals surface area contributed by atoms with E-state index in [1.807, 2.05) is 52.8 Å². The van der Waals surface area contributed by atoms with Crippen molar-refractivity contribution in [2.45, 2.75) is 59.5 Å². The van der Waals surface area contributed by atoms with Gasteiger partial charge in [-0.2, -0.15) is 0 Å². The Labute approximate surface area is 203 Å². The second-order valence-corrected chi connectivity index (χ2v) is 9.96. The standard InChI is InChI=1S/C26H31N3O4S/c1-15(2)11-21(29-10-9-16(3)12-22(29)30)25(33)27-19(13-23(31)32)20-14-34-26(28-20)24-17(4)7-6-8-18(24)5/h6-10,12,14-15,19,21H,11,13H2,1-5H3,(H,27,33)(H,31,32). The summed E-state index contributed by atoms with van der Waals surface area (Å²) in [6.07, 6.45) is 1.76. The number of carboxylic acid groups (broad SMARTS) is 1. The van der Waals surface area contributed by atoms with E-state index in [1.165, 1.54) is 22.0 Å². The molecule has 2 N–H and O–H groups in total. The van der Waals surface area contributed by atoms with E-state index in [1.54, 1.807) is 17.6 Å². The number of carbonyl (C=O) groups excluding carboxylic acids is 1. The Balaban J connectivity index is 1.94. The molecule has 0 spiro atoms. The Morgan fingerprint density at radius 2 is 1.82 bits per heavy atom. The first-order chi connectivity index (χ1) is 16.1. The zero-order chi connectivity index (χ0) is 25.0. The highest BCUT2D eigenvalue weighted by molar-refractivity contribution is 7.13. The molecule has 1 aromatic carbocycles. The van der Waals surface area contributed by atoms with Crippen LogP contribution in [-0.4, -0.2) is 26.5 Å². The molecule has 2 aromatic heterocycles. The largest absolute Gasteiger partial charge is 0.481 e. The first-order valence-electron chi connectivity index (χ1n) is 11.3. The van der Waals surface area contributed by atoms with Crippen molar-refractivity contribution < 1.29 is 14.7 Å². The van der Waals surface area contributed by atoms with Crippen molar-refractivity contribution in [2.75, 3.05) is 0 Å². The van der Waals surface area contributed by atoms with Crippen LogP contribution in [0.2, 0.25) is 0 Å². The van der Waals surface area contributed by atoms with Gasteiger partial charge in [-0.1, -0.05) is 32.0 Å². The molecular weight excluding hydrogens is 450 g/mol. The molecule has 0 aliphatic rings. The molecule has 7 nitrogen and oxygen atoms in total. The fraction of sp³-hybridized carbons (Fsp3) is 0.385. The number of benzene rings is 1. The zero-order valence-corrected chi connectivity index (χ0v) is 21.0. The summed E-state index contributed by atoms with van der Waals surface area (Å²) in [4.78, 5) is 42.3. The van der Waals surface area contributed by atoms with E-state index in [2.05, 4.69) is 5.32 Å². The molecule has 3 aromatic rings. The molecule has 0 saturated carbocycles. The van der Waals surface area contributed by atoms with Crippen molar-refractivity contribution >= 4 is 23.2 Å². The first-order valence-corrected chi connectivity index (χ1v) is 12.2. The first kappa shape index (κ1) is 25.4. The molecular formula is C26H31N3O4S. The van der Waals surface area contributed by atoms with Crippen molar-refractivity contribution in [3.05, 3.63) is 74.6 Å². The summed E-state index contributed by atoms with van der Waals surface area (Å²) in [7, 11) is 0. The van der Waals surface area contributed by atoms with Gasteiger partial charge in [-0.05, 0) is 55.9 Å². The number of thiazole rings is 1. The van der Waals surface area contributed by atoms with Crippen LogP contribution in [0.4, 0.5) is 0 Å². The lowest BCUT2D eigenvalue weighted by Crippen LogP contribution is -2.40. The molecule has 0 aliphatic carbocycles. The molecule has 0 fully saturated rings. The average Bonchev–Trinajstić information content (AvgIpc) is 3.21. The van der Waals surface area contributed by atoms with Crippen molar-refractivity contribution in [1.82, 2.24) is 14.9 Å². The van der Waals surface area contributed by atoms with Gasteiger partial charge in [0.05, 0.1) is 18.2 Å². The fourth-order valence-electron chi connectivity index (χ4n) is 4.02. The van der Waals surface area contributed by atoms with Crippen LogP contribution in [0.5, 0.6) is 0 Å². The highest BCUT2D eigenvalue weighted by Crippen LogP contribution is 2.32. The highest BCUT2D eigenvalue weighted by atomic mass is 32.1. The van der Waals surface area contributed by atoms with E-state index in [-0.39, 0.29) is 17.9 Å². The lowest BCUT2D eigenvalue weighted by Gasteiger charge is -2.24. The maximum atomic E-state index is 13.4. The second kappa shape index (κ2) is 10.8. The maximum Gasteiger partial charge on any atom is 0.305 e.